The summed E-state index contributed by atoms with van der Waals surface area (Å²) in [5, 5.41) is 18.3. The van der Waals surface area contributed by atoms with Gasteiger partial charge in [0.15, 0.2) is 0 Å². The van der Waals surface area contributed by atoms with Gasteiger partial charge in [0.05, 0.1) is 6.61 Å². The van der Waals surface area contributed by atoms with Gasteiger partial charge in [0.25, 0.3) is 0 Å². The van der Waals surface area contributed by atoms with E-state index in [2.05, 4.69) is 17.0 Å². The van der Waals surface area contributed by atoms with Crippen molar-refractivity contribution in [1.29, 1.82) is 0 Å². The molecule has 4 heteroatoms. The molecule has 0 bridgehead atoms. The molecule has 1 aliphatic heterocycles. The normalized spacial score (nSPS) is 18.0. The van der Waals surface area contributed by atoms with E-state index in [0.29, 0.717) is 18.4 Å². The van der Waals surface area contributed by atoms with Crippen LogP contribution in [-0.2, 0) is 13.0 Å². The second-order valence-corrected chi connectivity index (χ2v) is 7.04. The lowest BCUT2D eigenvalue weighted by Crippen LogP contribution is -2.39. The Morgan fingerprint density at radius 1 is 1.04 bits per heavy atom. The van der Waals surface area contributed by atoms with Crippen molar-refractivity contribution in [3.8, 4) is 11.5 Å². The maximum Gasteiger partial charge on any atom is 0.119 e. The number of nitrogens with zero attached hydrogens (tertiary/aromatic N) is 1. The lowest BCUT2D eigenvalue weighted by atomic mass is 9.95. The average molecular weight is 355 g/mol. The van der Waals surface area contributed by atoms with Gasteiger partial charge in [0.1, 0.15) is 18.1 Å². The lowest BCUT2D eigenvalue weighted by Gasteiger charge is -2.36. The Labute approximate surface area is 156 Å². The number of phenolic OH excluding ortho intramolecular Hbond substituents is 1. The van der Waals surface area contributed by atoms with Crippen LogP contribution in [0.5, 0.6) is 11.5 Å². The minimum atomic E-state index is 0.0374. The Morgan fingerprint density at radius 2 is 1.88 bits per heavy atom. The van der Waals surface area contributed by atoms with E-state index in [9.17, 15) is 5.11 Å². The Kier molecular flexibility index (Phi) is 6.92. The Bertz CT molecular complexity index is 671. The molecule has 1 aliphatic rings. The maximum absolute atomic E-state index is 9.42. The third-order valence-corrected chi connectivity index (χ3v) is 5.10. The van der Waals surface area contributed by atoms with Crippen molar-refractivity contribution in [1.82, 2.24) is 4.90 Å². The second kappa shape index (κ2) is 9.60. The van der Waals surface area contributed by atoms with Crippen molar-refractivity contribution in [3.63, 3.8) is 0 Å². The quantitative estimate of drug-likeness (QED) is 0.757. The molecule has 3 rings (SSSR count). The van der Waals surface area contributed by atoms with E-state index < -0.39 is 0 Å². The summed E-state index contributed by atoms with van der Waals surface area (Å²) in [4.78, 5) is 2.59. The van der Waals surface area contributed by atoms with E-state index >= 15 is 0 Å². The van der Waals surface area contributed by atoms with Crippen molar-refractivity contribution in [2.24, 2.45) is 0 Å². The van der Waals surface area contributed by atoms with Crippen molar-refractivity contribution in [2.45, 2.75) is 44.7 Å². The van der Waals surface area contributed by atoms with Gasteiger partial charge in [0, 0.05) is 12.6 Å². The van der Waals surface area contributed by atoms with Crippen LogP contribution in [0, 0.1) is 0 Å². The molecule has 26 heavy (non-hydrogen) atoms. The topological polar surface area (TPSA) is 52.9 Å². The van der Waals surface area contributed by atoms with Crippen LogP contribution in [0.4, 0.5) is 0 Å². The number of aryl methyl sites for hydroxylation is 1. The number of phenols is 1. The first-order valence-electron chi connectivity index (χ1n) is 9.59. The van der Waals surface area contributed by atoms with Crippen molar-refractivity contribution >= 4 is 0 Å². The standard InChI is InChI=1S/C22H29NO3/c24-14-15-26-22-6-3-4-19(16-22)17-23-13-2-1-5-20(23)10-7-18-8-11-21(25)12-9-18/h3-4,6,8-9,11-12,16,20,24-25H,1-2,5,7,10,13-15,17H2/t20-/m1/s1. The monoisotopic (exact) mass is 355 g/mol. The molecule has 1 fully saturated rings. The van der Waals surface area contributed by atoms with Gasteiger partial charge in [-0.05, 0) is 67.6 Å². The summed E-state index contributed by atoms with van der Waals surface area (Å²) >= 11 is 0. The zero-order valence-electron chi connectivity index (χ0n) is 15.3. The highest BCUT2D eigenvalue weighted by atomic mass is 16.5. The molecule has 0 spiro atoms. The largest absolute Gasteiger partial charge is 0.508 e. The fourth-order valence-corrected chi connectivity index (χ4v) is 3.72. The first kappa shape index (κ1) is 18.7. The van der Waals surface area contributed by atoms with Gasteiger partial charge in [0.2, 0.25) is 0 Å². The zero-order valence-corrected chi connectivity index (χ0v) is 15.3. The molecule has 1 saturated heterocycles. The van der Waals surface area contributed by atoms with E-state index in [1.54, 1.807) is 12.1 Å². The minimum Gasteiger partial charge on any atom is -0.508 e. The van der Waals surface area contributed by atoms with Gasteiger partial charge >= 0.3 is 0 Å². The lowest BCUT2D eigenvalue weighted by molar-refractivity contribution is 0.132. The van der Waals surface area contributed by atoms with Crippen molar-refractivity contribution in [2.75, 3.05) is 19.8 Å². The molecule has 0 aliphatic carbocycles. The van der Waals surface area contributed by atoms with Crippen LogP contribution < -0.4 is 4.74 Å². The Hall–Kier alpha value is -2.04. The predicted octanol–water partition coefficient (Wildman–Crippen LogP) is 3.75. The molecule has 1 heterocycles. The highest BCUT2D eigenvalue weighted by Gasteiger charge is 2.22. The summed E-state index contributed by atoms with van der Waals surface area (Å²) in [6.45, 7) is 2.46. The van der Waals surface area contributed by atoms with Crippen LogP contribution in [0.2, 0.25) is 0 Å². The summed E-state index contributed by atoms with van der Waals surface area (Å²) in [5.74, 6) is 1.16. The Morgan fingerprint density at radius 3 is 2.69 bits per heavy atom. The minimum absolute atomic E-state index is 0.0374. The first-order valence-corrected chi connectivity index (χ1v) is 9.59. The molecule has 0 saturated carbocycles. The molecule has 2 aromatic rings. The summed E-state index contributed by atoms with van der Waals surface area (Å²) in [6.07, 6.45) is 6.00. The molecule has 1 atom stereocenters. The van der Waals surface area contributed by atoms with E-state index in [1.165, 1.54) is 30.4 Å². The summed E-state index contributed by atoms with van der Waals surface area (Å²) in [5.41, 5.74) is 2.55. The summed E-state index contributed by atoms with van der Waals surface area (Å²) < 4.78 is 5.54. The van der Waals surface area contributed by atoms with Crippen LogP contribution in [0.25, 0.3) is 0 Å². The number of aliphatic hydroxyl groups excluding tert-OH is 1. The molecule has 0 amide bonds. The third kappa shape index (κ3) is 5.48. The van der Waals surface area contributed by atoms with Gasteiger partial charge in [-0.2, -0.15) is 0 Å². The fourth-order valence-electron chi connectivity index (χ4n) is 3.72. The van der Waals surface area contributed by atoms with Crippen LogP contribution in [0.1, 0.15) is 36.8 Å². The molecule has 0 aromatic heterocycles. The first-order chi connectivity index (χ1) is 12.7. The van der Waals surface area contributed by atoms with E-state index in [0.717, 1.165) is 31.7 Å². The molecular formula is C22H29NO3. The van der Waals surface area contributed by atoms with Crippen molar-refractivity contribution < 1.29 is 14.9 Å². The number of aliphatic hydroxyl groups is 1. The van der Waals surface area contributed by atoms with Gasteiger partial charge < -0.3 is 14.9 Å². The number of hydrogen-bond donors (Lipinski definition) is 2. The van der Waals surface area contributed by atoms with Crippen LogP contribution in [0.15, 0.2) is 48.5 Å². The van der Waals surface area contributed by atoms with Crippen LogP contribution in [-0.4, -0.2) is 40.9 Å². The second-order valence-electron chi connectivity index (χ2n) is 7.04. The molecule has 2 aromatic carbocycles. The molecule has 2 N–H and O–H groups in total. The predicted molar refractivity (Wildman–Crippen MR) is 103 cm³/mol. The fraction of sp³-hybridized carbons (Fsp3) is 0.455. The molecule has 4 nitrogen and oxygen atoms in total. The summed E-state index contributed by atoms with van der Waals surface area (Å²) in [6, 6.07) is 16.4. The van der Waals surface area contributed by atoms with Gasteiger partial charge in [-0.15, -0.1) is 0 Å². The van der Waals surface area contributed by atoms with E-state index in [1.807, 2.05) is 24.3 Å². The SMILES string of the molecule is OCCOc1cccc(CN2CCCC[C@@H]2CCc2ccc(O)cc2)c1. The number of hydrogen-bond acceptors (Lipinski definition) is 4. The molecule has 0 radical (unpaired) electrons. The average Bonchev–Trinajstić information content (AvgIpc) is 2.67. The van der Waals surface area contributed by atoms with Gasteiger partial charge in [-0.25, -0.2) is 0 Å². The highest BCUT2D eigenvalue weighted by molar-refractivity contribution is 5.29. The number of ether oxygens (including phenoxy) is 1. The summed E-state index contributed by atoms with van der Waals surface area (Å²) in [7, 11) is 0. The van der Waals surface area contributed by atoms with Gasteiger partial charge in [-0.1, -0.05) is 30.7 Å². The number of likely N-dealkylation sites (tertiary alicyclic amines) is 1. The zero-order chi connectivity index (χ0) is 18.2. The molecule has 0 unspecified atom stereocenters. The number of piperidine rings is 1. The van der Waals surface area contributed by atoms with E-state index in [4.69, 9.17) is 9.84 Å². The van der Waals surface area contributed by atoms with Gasteiger partial charge in [-0.3, -0.25) is 4.90 Å². The highest BCUT2D eigenvalue weighted by Crippen LogP contribution is 2.25. The van der Waals surface area contributed by atoms with Crippen LogP contribution >= 0.6 is 0 Å². The van der Waals surface area contributed by atoms with Crippen LogP contribution in [0.3, 0.4) is 0 Å². The number of benzene rings is 2. The molecular weight excluding hydrogens is 326 g/mol. The Balaban J connectivity index is 1.58. The molecule has 140 valence electrons. The maximum atomic E-state index is 9.42. The smallest absolute Gasteiger partial charge is 0.119 e. The van der Waals surface area contributed by atoms with E-state index in [-0.39, 0.29) is 6.61 Å². The number of aromatic hydroxyl groups is 1. The number of rotatable bonds is 8. The third-order valence-electron chi connectivity index (χ3n) is 5.10. The van der Waals surface area contributed by atoms with Crippen molar-refractivity contribution in [3.05, 3.63) is 59.7 Å².